The van der Waals surface area contributed by atoms with Gasteiger partial charge in [0.2, 0.25) is 5.91 Å². The van der Waals surface area contributed by atoms with Crippen LogP contribution in [0.3, 0.4) is 0 Å². The molecule has 0 radical (unpaired) electrons. The summed E-state index contributed by atoms with van der Waals surface area (Å²) in [5, 5.41) is 4.45. The van der Waals surface area contributed by atoms with Crippen LogP contribution in [0.2, 0.25) is 0 Å². The summed E-state index contributed by atoms with van der Waals surface area (Å²) in [6.07, 6.45) is -4.37. The number of nitrogens with one attached hydrogen (secondary N) is 2. The summed E-state index contributed by atoms with van der Waals surface area (Å²) in [5.74, 6) is -0.765. The van der Waals surface area contributed by atoms with Gasteiger partial charge in [-0.3, -0.25) is 4.79 Å². The van der Waals surface area contributed by atoms with Crippen LogP contribution < -0.4 is 10.6 Å². The number of hydrogen-bond donors (Lipinski definition) is 2. The Bertz CT molecular complexity index is 173. The second-order valence-electron chi connectivity index (χ2n) is 2.55. The molecule has 0 aromatic rings. The number of halogens is 3. The van der Waals surface area contributed by atoms with Crippen LogP contribution >= 0.6 is 0 Å². The molecule has 0 aliphatic heterocycles. The van der Waals surface area contributed by atoms with Crippen molar-refractivity contribution in [2.75, 3.05) is 33.4 Å². The molecule has 14 heavy (non-hydrogen) atoms. The summed E-state index contributed by atoms with van der Waals surface area (Å²) in [4.78, 5) is 10.7. The lowest BCUT2D eigenvalue weighted by Crippen LogP contribution is -2.36. The van der Waals surface area contributed by atoms with Crippen molar-refractivity contribution in [3.05, 3.63) is 0 Å². The quantitative estimate of drug-likeness (QED) is 0.607. The van der Waals surface area contributed by atoms with Gasteiger partial charge in [0.15, 0.2) is 0 Å². The van der Waals surface area contributed by atoms with E-state index in [0.717, 1.165) is 0 Å². The molecule has 0 spiro atoms. The summed E-state index contributed by atoms with van der Waals surface area (Å²) in [7, 11) is 1.70. The fourth-order valence-corrected chi connectivity index (χ4v) is 0.589. The van der Waals surface area contributed by atoms with Gasteiger partial charge in [-0.1, -0.05) is 0 Å². The molecular weight excluding hydrogens is 201 g/mol. The van der Waals surface area contributed by atoms with Gasteiger partial charge in [0.25, 0.3) is 0 Å². The van der Waals surface area contributed by atoms with E-state index >= 15 is 0 Å². The third-order valence-electron chi connectivity index (χ3n) is 1.22. The van der Waals surface area contributed by atoms with Crippen molar-refractivity contribution in [1.82, 2.24) is 10.6 Å². The van der Waals surface area contributed by atoms with E-state index < -0.39 is 18.6 Å². The number of carbonyl (C=O) groups excluding carboxylic acids is 1. The van der Waals surface area contributed by atoms with Gasteiger partial charge < -0.3 is 15.4 Å². The Morgan fingerprint density at radius 2 is 2.07 bits per heavy atom. The first-order valence-electron chi connectivity index (χ1n) is 4.01. The number of rotatable bonds is 6. The highest BCUT2D eigenvalue weighted by Gasteiger charge is 2.27. The average molecular weight is 214 g/mol. The van der Waals surface area contributed by atoms with E-state index in [2.05, 4.69) is 5.32 Å². The summed E-state index contributed by atoms with van der Waals surface area (Å²) < 4.78 is 39.5. The predicted octanol–water partition coefficient (Wildman–Crippen LogP) is -0.0991. The minimum absolute atomic E-state index is 0.288. The molecule has 0 saturated heterocycles. The van der Waals surface area contributed by atoms with Gasteiger partial charge in [-0.15, -0.1) is 0 Å². The van der Waals surface area contributed by atoms with Crippen molar-refractivity contribution in [3.63, 3.8) is 0 Å². The lowest BCUT2D eigenvalue weighted by atomic mass is 10.5. The topological polar surface area (TPSA) is 50.4 Å². The van der Waals surface area contributed by atoms with Gasteiger partial charge in [-0.2, -0.15) is 13.2 Å². The molecule has 7 heteroatoms. The first kappa shape index (κ1) is 13.2. The van der Waals surface area contributed by atoms with Crippen LogP contribution in [0.15, 0.2) is 0 Å². The Morgan fingerprint density at radius 3 is 2.57 bits per heavy atom. The Balaban J connectivity index is 3.38. The molecule has 0 fully saturated rings. The lowest BCUT2D eigenvalue weighted by molar-refractivity contribution is -0.141. The van der Waals surface area contributed by atoms with Gasteiger partial charge in [0.05, 0.1) is 6.61 Å². The maximum Gasteiger partial charge on any atom is 0.405 e. The van der Waals surface area contributed by atoms with Crippen LogP contribution in [0.5, 0.6) is 0 Å². The van der Waals surface area contributed by atoms with Crippen LogP contribution in [-0.2, 0) is 9.53 Å². The Labute approximate surface area is 79.8 Å². The lowest BCUT2D eigenvalue weighted by Gasteiger charge is -2.08. The Morgan fingerprint density at radius 1 is 1.43 bits per heavy atom. The van der Waals surface area contributed by atoms with Crippen molar-refractivity contribution < 1.29 is 22.7 Å². The molecular formula is C7H13F3N2O2. The molecule has 0 aromatic heterocycles. The standard InChI is InChI=1S/C7H13F3N2O2/c1-11-2-3-14-4-6(13)12-5-7(8,9)10/h11H,2-5H2,1H3,(H,12,13). The van der Waals surface area contributed by atoms with E-state index in [1.807, 2.05) is 0 Å². The number of amides is 1. The first-order valence-corrected chi connectivity index (χ1v) is 4.01. The number of likely N-dealkylation sites (N-methyl/N-ethyl adjacent to an activating group) is 1. The highest BCUT2D eigenvalue weighted by molar-refractivity contribution is 5.77. The monoisotopic (exact) mass is 214 g/mol. The van der Waals surface area contributed by atoms with Crippen LogP contribution in [0.1, 0.15) is 0 Å². The summed E-state index contributed by atoms with van der Waals surface area (Å²) in [6, 6.07) is 0. The van der Waals surface area contributed by atoms with E-state index in [0.29, 0.717) is 6.54 Å². The maximum atomic E-state index is 11.6. The molecule has 0 heterocycles. The van der Waals surface area contributed by atoms with Gasteiger partial charge in [0.1, 0.15) is 13.2 Å². The van der Waals surface area contributed by atoms with Crippen LogP contribution in [0, 0.1) is 0 Å². The number of alkyl halides is 3. The molecule has 0 atom stereocenters. The zero-order valence-electron chi connectivity index (χ0n) is 7.78. The molecule has 2 N–H and O–H groups in total. The van der Waals surface area contributed by atoms with Crippen molar-refractivity contribution in [3.8, 4) is 0 Å². The average Bonchev–Trinajstić information content (AvgIpc) is 2.08. The molecule has 0 aromatic carbocycles. The minimum Gasteiger partial charge on any atom is -0.370 e. The highest BCUT2D eigenvalue weighted by Crippen LogP contribution is 2.11. The number of ether oxygens (including phenoxy) is 1. The number of hydrogen-bond acceptors (Lipinski definition) is 3. The molecule has 0 saturated carbocycles. The summed E-state index contributed by atoms with van der Waals surface area (Å²) in [5.41, 5.74) is 0. The molecule has 0 aliphatic carbocycles. The fraction of sp³-hybridized carbons (Fsp3) is 0.857. The second kappa shape index (κ2) is 6.61. The normalized spacial score (nSPS) is 11.4. The van der Waals surface area contributed by atoms with Gasteiger partial charge in [-0.05, 0) is 7.05 Å². The first-order chi connectivity index (χ1) is 6.45. The zero-order valence-corrected chi connectivity index (χ0v) is 7.78. The van der Waals surface area contributed by atoms with Crippen molar-refractivity contribution >= 4 is 5.91 Å². The molecule has 0 bridgehead atoms. The van der Waals surface area contributed by atoms with Crippen LogP contribution in [-0.4, -0.2) is 45.4 Å². The largest absolute Gasteiger partial charge is 0.405 e. The van der Waals surface area contributed by atoms with Crippen molar-refractivity contribution in [2.45, 2.75) is 6.18 Å². The third-order valence-corrected chi connectivity index (χ3v) is 1.22. The predicted molar refractivity (Wildman–Crippen MR) is 43.8 cm³/mol. The molecule has 4 nitrogen and oxygen atoms in total. The van der Waals surface area contributed by atoms with E-state index in [4.69, 9.17) is 4.74 Å². The second-order valence-corrected chi connectivity index (χ2v) is 2.55. The smallest absolute Gasteiger partial charge is 0.370 e. The Kier molecular flexibility index (Phi) is 6.22. The van der Waals surface area contributed by atoms with E-state index in [-0.39, 0.29) is 13.2 Å². The SMILES string of the molecule is CNCCOCC(=O)NCC(F)(F)F. The van der Waals surface area contributed by atoms with E-state index in [1.54, 1.807) is 12.4 Å². The Hall–Kier alpha value is -0.820. The van der Waals surface area contributed by atoms with Crippen LogP contribution in [0.25, 0.3) is 0 Å². The third kappa shape index (κ3) is 9.27. The van der Waals surface area contributed by atoms with Gasteiger partial charge in [-0.25, -0.2) is 0 Å². The molecule has 84 valence electrons. The zero-order chi connectivity index (χ0) is 11.0. The van der Waals surface area contributed by atoms with E-state index in [9.17, 15) is 18.0 Å². The van der Waals surface area contributed by atoms with E-state index in [1.165, 1.54) is 0 Å². The van der Waals surface area contributed by atoms with Crippen molar-refractivity contribution in [1.29, 1.82) is 0 Å². The molecule has 0 rings (SSSR count). The van der Waals surface area contributed by atoms with Gasteiger partial charge >= 0.3 is 6.18 Å². The fourth-order valence-electron chi connectivity index (χ4n) is 0.589. The molecule has 0 aliphatic rings. The highest BCUT2D eigenvalue weighted by atomic mass is 19.4. The molecule has 0 unspecified atom stereocenters. The minimum atomic E-state index is -4.37. The van der Waals surface area contributed by atoms with Crippen molar-refractivity contribution in [2.24, 2.45) is 0 Å². The van der Waals surface area contributed by atoms with Gasteiger partial charge in [0, 0.05) is 6.54 Å². The van der Waals surface area contributed by atoms with Crippen LogP contribution in [0.4, 0.5) is 13.2 Å². The summed E-state index contributed by atoms with van der Waals surface area (Å²) >= 11 is 0. The maximum absolute atomic E-state index is 11.6. The molecule has 1 amide bonds. The summed E-state index contributed by atoms with van der Waals surface area (Å²) in [6.45, 7) is -0.832. The number of carbonyl (C=O) groups is 1.